The van der Waals surface area contributed by atoms with Gasteiger partial charge < -0.3 is 19.5 Å². The number of ether oxygens (including phenoxy) is 3. The molecule has 2 aromatic carbocycles. The third-order valence-corrected chi connectivity index (χ3v) is 8.80. The van der Waals surface area contributed by atoms with Gasteiger partial charge in [0.15, 0.2) is 0 Å². The highest BCUT2D eigenvalue weighted by Crippen LogP contribution is 2.32. The van der Waals surface area contributed by atoms with Gasteiger partial charge in [0.25, 0.3) is 11.8 Å². The SMILES string of the molecule is CCCCCCCCCc1ccc(OCCOCCOCCCCCC(=O)Nc2cccc3c2C(=O)N(C2CCC(=O)NC2=O)C3=O)cc1. The molecule has 0 spiro atoms. The van der Waals surface area contributed by atoms with Crippen LogP contribution in [0.4, 0.5) is 5.69 Å². The normalized spacial score (nSPS) is 15.8. The van der Waals surface area contributed by atoms with Crippen molar-refractivity contribution in [2.75, 3.05) is 38.4 Å². The molecule has 2 aromatic rings. The number of rotatable bonds is 23. The Hall–Kier alpha value is -4.09. The molecule has 0 aromatic heterocycles. The maximum atomic E-state index is 13.2. The summed E-state index contributed by atoms with van der Waals surface area (Å²) in [6.45, 7) is 4.73. The molecule has 11 nitrogen and oxygen atoms in total. The molecule has 2 heterocycles. The van der Waals surface area contributed by atoms with E-state index in [9.17, 15) is 24.0 Å². The van der Waals surface area contributed by atoms with Crippen molar-refractivity contribution in [2.45, 2.75) is 103 Å². The molecule has 1 atom stereocenters. The standard InChI is InChI=1S/C38H51N3O8/c1-2-3-4-5-6-7-9-13-28-17-19-29(20-18-28)49-27-26-48-25-24-47-23-11-8-10-16-33(42)39-31-15-12-14-30-35(31)38(46)41(37(30)45)32-21-22-34(43)40-36(32)44/h12,14-15,17-20,32H,2-11,13,16,21-27H2,1H3,(H,39,42)(H,40,43,44). The van der Waals surface area contributed by atoms with Crippen molar-refractivity contribution in [3.63, 3.8) is 0 Å². The largest absolute Gasteiger partial charge is 0.491 e. The van der Waals surface area contributed by atoms with Crippen LogP contribution in [-0.4, -0.2) is 73.5 Å². The summed E-state index contributed by atoms with van der Waals surface area (Å²) in [4.78, 5) is 63.5. The van der Waals surface area contributed by atoms with Gasteiger partial charge in [0.05, 0.1) is 36.6 Å². The van der Waals surface area contributed by atoms with E-state index >= 15 is 0 Å². The van der Waals surface area contributed by atoms with E-state index in [1.165, 1.54) is 56.6 Å². The quantitative estimate of drug-likeness (QED) is 0.108. The molecule has 0 saturated carbocycles. The van der Waals surface area contributed by atoms with E-state index < -0.39 is 29.7 Å². The second-order valence-corrected chi connectivity index (χ2v) is 12.6. The minimum atomic E-state index is -1.06. The monoisotopic (exact) mass is 677 g/mol. The van der Waals surface area contributed by atoms with Gasteiger partial charge in [-0.05, 0) is 61.9 Å². The first-order valence-electron chi connectivity index (χ1n) is 17.9. The molecule has 0 aliphatic carbocycles. The summed E-state index contributed by atoms with van der Waals surface area (Å²) in [5, 5.41) is 4.93. The second-order valence-electron chi connectivity index (χ2n) is 12.6. The maximum Gasteiger partial charge on any atom is 0.264 e. The first-order valence-corrected chi connectivity index (χ1v) is 17.9. The number of nitrogens with one attached hydrogen (secondary N) is 2. The number of carbonyl (C=O) groups excluding carboxylic acids is 5. The lowest BCUT2D eigenvalue weighted by molar-refractivity contribution is -0.136. The molecule has 2 N–H and O–H groups in total. The van der Waals surface area contributed by atoms with Gasteiger partial charge in [-0.2, -0.15) is 0 Å². The van der Waals surface area contributed by atoms with E-state index in [2.05, 4.69) is 29.7 Å². The summed E-state index contributed by atoms with van der Waals surface area (Å²) < 4.78 is 17.0. The number of fused-ring (bicyclic) bond motifs is 1. The predicted octanol–water partition coefficient (Wildman–Crippen LogP) is 5.99. The number of unbranched alkanes of at least 4 members (excludes halogenated alkanes) is 8. The molecule has 0 bridgehead atoms. The van der Waals surface area contributed by atoms with Crippen molar-refractivity contribution in [2.24, 2.45) is 0 Å². The first-order chi connectivity index (χ1) is 23.9. The predicted molar refractivity (Wildman–Crippen MR) is 185 cm³/mol. The number of piperidine rings is 1. The summed E-state index contributed by atoms with van der Waals surface area (Å²) in [7, 11) is 0. The highest BCUT2D eigenvalue weighted by atomic mass is 16.5. The smallest absolute Gasteiger partial charge is 0.264 e. The molecular weight excluding hydrogens is 626 g/mol. The van der Waals surface area contributed by atoms with Crippen LogP contribution in [-0.2, 0) is 30.3 Å². The summed E-state index contributed by atoms with van der Waals surface area (Å²) in [5.74, 6) is -1.80. The topological polar surface area (TPSA) is 140 Å². The maximum absolute atomic E-state index is 13.2. The molecular formula is C38H51N3O8. The summed E-state index contributed by atoms with van der Waals surface area (Å²) in [6, 6.07) is 11.9. The van der Waals surface area contributed by atoms with Gasteiger partial charge in [-0.15, -0.1) is 0 Å². The van der Waals surface area contributed by atoms with Crippen LogP contribution in [0.3, 0.4) is 0 Å². The van der Waals surface area contributed by atoms with Crippen LogP contribution in [0.5, 0.6) is 5.75 Å². The van der Waals surface area contributed by atoms with Crippen LogP contribution in [0.15, 0.2) is 42.5 Å². The number of carbonyl (C=O) groups is 5. The van der Waals surface area contributed by atoms with E-state index in [0.717, 1.165) is 29.9 Å². The summed E-state index contributed by atoms with van der Waals surface area (Å²) in [6.07, 6.45) is 12.9. The van der Waals surface area contributed by atoms with E-state index in [1.54, 1.807) is 12.1 Å². The van der Waals surface area contributed by atoms with Crippen molar-refractivity contribution in [3.8, 4) is 5.75 Å². The van der Waals surface area contributed by atoms with Gasteiger partial charge in [0, 0.05) is 19.4 Å². The van der Waals surface area contributed by atoms with Crippen LogP contribution in [0.25, 0.3) is 0 Å². The van der Waals surface area contributed by atoms with Gasteiger partial charge in [0.2, 0.25) is 17.7 Å². The van der Waals surface area contributed by atoms with Crippen LogP contribution >= 0.6 is 0 Å². The van der Waals surface area contributed by atoms with Gasteiger partial charge in [0.1, 0.15) is 18.4 Å². The third-order valence-electron chi connectivity index (χ3n) is 8.80. The molecule has 0 radical (unpaired) electrons. The van der Waals surface area contributed by atoms with E-state index in [-0.39, 0.29) is 42.0 Å². The summed E-state index contributed by atoms with van der Waals surface area (Å²) >= 11 is 0. The molecule has 49 heavy (non-hydrogen) atoms. The minimum absolute atomic E-state index is 0.0386. The molecule has 4 rings (SSSR count). The number of benzene rings is 2. The highest BCUT2D eigenvalue weighted by Gasteiger charge is 2.45. The molecule has 1 fully saturated rings. The van der Waals surface area contributed by atoms with Gasteiger partial charge >= 0.3 is 0 Å². The van der Waals surface area contributed by atoms with Gasteiger partial charge in [-0.3, -0.25) is 34.2 Å². The van der Waals surface area contributed by atoms with Crippen LogP contribution in [0.1, 0.15) is 117 Å². The number of amides is 5. The number of hydrogen-bond acceptors (Lipinski definition) is 8. The molecule has 266 valence electrons. The molecule has 2 aliphatic heterocycles. The highest BCUT2D eigenvalue weighted by molar-refractivity contribution is 6.26. The van der Waals surface area contributed by atoms with Crippen LogP contribution in [0, 0.1) is 0 Å². The fourth-order valence-corrected chi connectivity index (χ4v) is 6.08. The number of anilines is 1. The van der Waals surface area contributed by atoms with Crippen molar-refractivity contribution in [1.82, 2.24) is 10.2 Å². The van der Waals surface area contributed by atoms with Crippen molar-refractivity contribution < 1.29 is 38.2 Å². The average molecular weight is 678 g/mol. The molecule has 11 heteroatoms. The van der Waals surface area contributed by atoms with Crippen molar-refractivity contribution in [1.29, 1.82) is 0 Å². The van der Waals surface area contributed by atoms with Gasteiger partial charge in [-0.1, -0.05) is 70.1 Å². The Morgan fingerprint density at radius 1 is 0.796 bits per heavy atom. The molecule has 1 unspecified atom stereocenters. The zero-order valence-electron chi connectivity index (χ0n) is 28.8. The minimum Gasteiger partial charge on any atom is -0.491 e. The molecule has 2 aliphatic rings. The Morgan fingerprint density at radius 2 is 1.49 bits per heavy atom. The van der Waals surface area contributed by atoms with Crippen molar-refractivity contribution >= 4 is 35.2 Å². The number of nitrogens with zero attached hydrogens (tertiary/aromatic N) is 1. The Balaban J connectivity index is 1.01. The average Bonchev–Trinajstić information content (AvgIpc) is 3.35. The van der Waals surface area contributed by atoms with Crippen LogP contribution in [0.2, 0.25) is 0 Å². The van der Waals surface area contributed by atoms with Crippen molar-refractivity contribution in [3.05, 3.63) is 59.2 Å². The molecule has 1 saturated heterocycles. The number of aryl methyl sites for hydroxylation is 1. The van der Waals surface area contributed by atoms with Crippen LogP contribution < -0.4 is 15.4 Å². The Labute approximate surface area is 289 Å². The van der Waals surface area contributed by atoms with E-state index in [0.29, 0.717) is 39.5 Å². The molecule has 5 amide bonds. The fourth-order valence-electron chi connectivity index (χ4n) is 6.08. The number of hydrogen-bond donors (Lipinski definition) is 2. The van der Waals surface area contributed by atoms with E-state index in [1.807, 2.05) is 12.1 Å². The first kappa shape index (κ1) is 37.7. The Morgan fingerprint density at radius 3 is 2.24 bits per heavy atom. The Kier molecular flexibility index (Phi) is 15.7. The zero-order chi connectivity index (χ0) is 34.8. The van der Waals surface area contributed by atoms with Gasteiger partial charge in [-0.25, -0.2) is 0 Å². The zero-order valence-corrected chi connectivity index (χ0v) is 28.8. The summed E-state index contributed by atoms with van der Waals surface area (Å²) in [5.41, 5.74) is 1.78. The number of imide groups is 2. The fraction of sp³-hybridized carbons (Fsp3) is 0.553. The second kappa shape index (κ2) is 20.4. The lowest BCUT2D eigenvalue weighted by atomic mass is 10.0. The Bertz CT molecular complexity index is 1410. The van der Waals surface area contributed by atoms with E-state index in [4.69, 9.17) is 14.2 Å². The lowest BCUT2D eigenvalue weighted by Gasteiger charge is -2.27. The lowest BCUT2D eigenvalue weighted by Crippen LogP contribution is -2.54. The third kappa shape index (κ3) is 11.8.